The van der Waals surface area contributed by atoms with Gasteiger partial charge in [-0.3, -0.25) is 19.8 Å². The second kappa shape index (κ2) is 25.0. The molecule has 14 heteroatoms. The van der Waals surface area contributed by atoms with Crippen LogP contribution >= 0.6 is 0 Å². The van der Waals surface area contributed by atoms with Gasteiger partial charge in [-0.1, -0.05) is 24.6 Å². The average Bonchev–Trinajstić information content (AvgIpc) is 2.95. The number of rotatable bonds is 26. The van der Waals surface area contributed by atoms with Gasteiger partial charge in [-0.05, 0) is 31.5 Å². The molecule has 1 rings (SSSR count). The summed E-state index contributed by atoms with van der Waals surface area (Å²) in [6.07, 6.45) is 2.96. The van der Waals surface area contributed by atoms with Gasteiger partial charge in [0.2, 0.25) is 11.8 Å². The molecule has 14 nitrogen and oxygen atoms in total. The lowest BCUT2D eigenvalue weighted by Crippen LogP contribution is -2.46. The third-order valence-electron chi connectivity index (χ3n) is 4.97. The summed E-state index contributed by atoms with van der Waals surface area (Å²) in [7, 11) is 0. The number of aldehydes is 1. The molecule has 40 heavy (non-hydrogen) atoms. The number of hydrogen-bond donors (Lipinski definition) is 5. The fourth-order valence-corrected chi connectivity index (χ4v) is 2.99. The van der Waals surface area contributed by atoms with E-state index in [0.717, 1.165) is 19.1 Å². The van der Waals surface area contributed by atoms with Crippen LogP contribution in [0.4, 0.5) is 5.69 Å². The first-order valence-corrected chi connectivity index (χ1v) is 13.2. The number of carbonyl (C=O) groups is 4. The summed E-state index contributed by atoms with van der Waals surface area (Å²) in [6, 6.07) is 8.51. The highest BCUT2D eigenvalue weighted by Gasteiger charge is 2.08. The molecule has 0 aromatic heterocycles. The van der Waals surface area contributed by atoms with Gasteiger partial charge in [0.15, 0.2) is 0 Å². The standard InChI is InChI=1S/C26H43N5O9/c27-9-5-4-8-23(18-32)30-31-26(35)21-39-17-16-38-15-14-37-13-12-36-11-10-28-24(33)19-40-20-25(34)29-22-6-2-1-3-7-22/h1-3,6-7,18,23,30H,4-5,8-17,19-21,27H2,(H,28,33)(H,29,34)(H,31,35)/t23-/m0/s1. The quantitative estimate of drug-likeness (QED) is 0.0530. The average molecular weight is 570 g/mol. The van der Waals surface area contributed by atoms with Crippen molar-refractivity contribution >= 4 is 29.7 Å². The first-order valence-electron chi connectivity index (χ1n) is 13.2. The molecule has 0 fully saturated rings. The Morgan fingerprint density at radius 2 is 1.35 bits per heavy atom. The minimum atomic E-state index is -0.456. The number of hydrogen-bond acceptors (Lipinski definition) is 11. The van der Waals surface area contributed by atoms with E-state index in [1.165, 1.54) is 0 Å². The number of ether oxygens (including phenoxy) is 5. The van der Waals surface area contributed by atoms with Crippen molar-refractivity contribution < 1.29 is 42.9 Å². The molecule has 0 aliphatic heterocycles. The first kappa shape index (κ1) is 35.0. The molecule has 0 saturated carbocycles. The Hall–Kier alpha value is -2.98. The zero-order chi connectivity index (χ0) is 29.1. The zero-order valence-electron chi connectivity index (χ0n) is 22.9. The molecule has 1 aromatic rings. The van der Waals surface area contributed by atoms with Crippen LogP contribution in [0.1, 0.15) is 19.3 Å². The molecule has 6 N–H and O–H groups in total. The molecule has 3 amide bonds. The highest BCUT2D eigenvalue weighted by Crippen LogP contribution is 2.04. The van der Waals surface area contributed by atoms with E-state index >= 15 is 0 Å². The van der Waals surface area contributed by atoms with E-state index in [1.54, 1.807) is 24.3 Å². The van der Waals surface area contributed by atoms with E-state index < -0.39 is 6.04 Å². The van der Waals surface area contributed by atoms with Gasteiger partial charge in [0.05, 0.1) is 52.3 Å². The molecule has 0 unspecified atom stereocenters. The highest BCUT2D eigenvalue weighted by molar-refractivity contribution is 5.91. The highest BCUT2D eigenvalue weighted by atomic mass is 16.6. The number of benzene rings is 1. The second-order valence-corrected chi connectivity index (χ2v) is 8.37. The van der Waals surface area contributed by atoms with E-state index in [9.17, 15) is 19.2 Å². The number of unbranched alkanes of at least 4 members (excludes halogenated alkanes) is 1. The molecule has 0 saturated heterocycles. The molecule has 0 heterocycles. The van der Waals surface area contributed by atoms with Gasteiger partial charge in [-0.25, -0.2) is 5.43 Å². The van der Waals surface area contributed by atoms with E-state index in [0.29, 0.717) is 64.8 Å². The van der Waals surface area contributed by atoms with Crippen molar-refractivity contribution in [2.75, 3.05) is 84.5 Å². The predicted octanol–water partition coefficient (Wildman–Crippen LogP) is -0.858. The summed E-state index contributed by atoms with van der Waals surface area (Å²) in [6.45, 7) is 2.59. The van der Waals surface area contributed by atoms with Crippen LogP contribution in [0.5, 0.6) is 0 Å². The van der Waals surface area contributed by atoms with E-state index in [-0.39, 0.29) is 44.1 Å². The van der Waals surface area contributed by atoms with Gasteiger partial charge >= 0.3 is 0 Å². The Morgan fingerprint density at radius 3 is 2.00 bits per heavy atom. The summed E-state index contributed by atoms with van der Waals surface area (Å²) < 4.78 is 26.4. The SMILES string of the molecule is NCCCC[C@@H](C=O)NNC(=O)COCCOCCOCCOCCNC(=O)COCC(=O)Nc1ccccc1. The maximum atomic E-state index is 11.7. The molecule has 1 aromatic carbocycles. The summed E-state index contributed by atoms with van der Waals surface area (Å²) >= 11 is 0. The maximum Gasteiger partial charge on any atom is 0.260 e. The van der Waals surface area contributed by atoms with Crippen LogP contribution < -0.4 is 27.2 Å². The molecule has 1 atom stereocenters. The Balaban J connectivity index is 1.82. The number of para-hydroxylation sites is 1. The van der Waals surface area contributed by atoms with E-state index in [1.807, 2.05) is 6.07 Å². The van der Waals surface area contributed by atoms with Gasteiger partial charge in [0.1, 0.15) is 26.1 Å². The van der Waals surface area contributed by atoms with Crippen molar-refractivity contribution in [2.24, 2.45) is 5.73 Å². The topological polar surface area (TPSA) is 189 Å². The van der Waals surface area contributed by atoms with Gasteiger partial charge in [0, 0.05) is 12.2 Å². The van der Waals surface area contributed by atoms with Crippen LogP contribution in [0, 0.1) is 0 Å². The smallest absolute Gasteiger partial charge is 0.260 e. The van der Waals surface area contributed by atoms with Gasteiger partial charge in [-0.2, -0.15) is 0 Å². The Morgan fingerprint density at radius 1 is 0.750 bits per heavy atom. The molecule has 0 radical (unpaired) electrons. The summed E-state index contributed by atoms with van der Waals surface area (Å²) in [5.74, 6) is -1.06. The van der Waals surface area contributed by atoms with E-state index in [2.05, 4.69) is 21.5 Å². The van der Waals surface area contributed by atoms with Crippen molar-refractivity contribution in [3.8, 4) is 0 Å². The largest absolute Gasteiger partial charge is 0.377 e. The van der Waals surface area contributed by atoms with Gasteiger partial charge < -0.3 is 44.8 Å². The Kier molecular flexibility index (Phi) is 21.9. The molecule has 0 bridgehead atoms. The van der Waals surface area contributed by atoms with Gasteiger partial charge in [-0.15, -0.1) is 0 Å². The van der Waals surface area contributed by atoms with Crippen LogP contribution in [0.2, 0.25) is 0 Å². The summed E-state index contributed by atoms with van der Waals surface area (Å²) in [5, 5.41) is 5.29. The lowest BCUT2D eigenvalue weighted by atomic mass is 10.1. The number of carbonyl (C=O) groups excluding carboxylic acids is 4. The Bertz CT molecular complexity index is 817. The third-order valence-corrected chi connectivity index (χ3v) is 4.97. The molecule has 226 valence electrons. The lowest BCUT2D eigenvalue weighted by molar-refractivity contribution is -0.129. The summed E-state index contributed by atoms with van der Waals surface area (Å²) in [5.41, 5.74) is 11.2. The maximum absolute atomic E-state index is 11.7. The first-order chi connectivity index (χ1) is 19.5. The lowest BCUT2D eigenvalue weighted by Gasteiger charge is -2.13. The van der Waals surface area contributed by atoms with Crippen molar-refractivity contribution in [3.05, 3.63) is 30.3 Å². The van der Waals surface area contributed by atoms with Crippen LogP contribution in [0.3, 0.4) is 0 Å². The normalized spacial score (nSPS) is 11.5. The number of nitrogens with one attached hydrogen (secondary N) is 4. The molecular weight excluding hydrogens is 526 g/mol. The molecule has 0 aliphatic rings. The predicted molar refractivity (Wildman–Crippen MR) is 146 cm³/mol. The fourth-order valence-electron chi connectivity index (χ4n) is 2.99. The monoisotopic (exact) mass is 569 g/mol. The number of nitrogens with two attached hydrogens (primary N) is 1. The number of anilines is 1. The molecule has 0 spiro atoms. The summed E-state index contributed by atoms with van der Waals surface area (Å²) in [4.78, 5) is 46.1. The van der Waals surface area contributed by atoms with Crippen LogP contribution in [-0.2, 0) is 42.9 Å². The molecule has 0 aliphatic carbocycles. The zero-order valence-corrected chi connectivity index (χ0v) is 22.9. The van der Waals surface area contributed by atoms with Crippen LogP contribution in [0.25, 0.3) is 0 Å². The number of hydrazine groups is 1. The van der Waals surface area contributed by atoms with Crippen molar-refractivity contribution in [1.82, 2.24) is 16.2 Å². The number of amides is 3. The second-order valence-electron chi connectivity index (χ2n) is 8.37. The minimum absolute atomic E-state index is 0.155. The Labute approximate surface area is 234 Å². The fraction of sp³-hybridized carbons (Fsp3) is 0.615. The van der Waals surface area contributed by atoms with Crippen LogP contribution in [-0.4, -0.2) is 109 Å². The van der Waals surface area contributed by atoms with Gasteiger partial charge in [0.25, 0.3) is 5.91 Å². The van der Waals surface area contributed by atoms with Crippen molar-refractivity contribution in [2.45, 2.75) is 25.3 Å². The van der Waals surface area contributed by atoms with Crippen molar-refractivity contribution in [3.63, 3.8) is 0 Å². The van der Waals surface area contributed by atoms with Crippen molar-refractivity contribution in [1.29, 1.82) is 0 Å². The van der Waals surface area contributed by atoms with Crippen LogP contribution in [0.15, 0.2) is 30.3 Å². The third kappa shape index (κ3) is 20.9. The minimum Gasteiger partial charge on any atom is -0.377 e. The molecular formula is C26H43N5O9. The van der Waals surface area contributed by atoms with E-state index in [4.69, 9.17) is 29.4 Å².